The SMILES string of the molecule is CCCOc1cccc(NC2=C(c3ccccc3)C(=O)N(C(C)C)C2=O)c1. The number of hydrogen-bond donors (Lipinski definition) is 1. The number of ether oxygens (including phenoxy) is 1. The molecule has 5 heteroatoms. The van der Waals surface area contributed by atoms with Gasteiger partial charge in [-0.25, -0.2) is 0 Å². The summed E-state index contributed by atoms with van der Waals surface area (Å²) < 4.78 is 5.66. The topological polar surface area (TPSA) is 58.6 Å². The lowest BCUT2D eigenvalue weighted by molar-refractivity contribution is -0.138. The molecule has 1 N–H and O–H groups in total. The maximum absolute atomic E-state index is 13.0. The first kappa shape index (κ1) is 18.7. The van der Waals surface area contributed by atoms with E-state index in [0.717, 1.165) is 17.7 Å². The highest BCUT2D eigenvalue weighted by Gasteiger charge is 2.40. The van der Waals surface area contributed by atoms with Crippen LogP contribution in [0.2, 0.25) is 0 Å². The number of imide groups is 1. The van der Waals surface area contributed by atoms with E-state index < -0.39 is 0 Å². The van der Waals surface area contributed by atoms with Gasteiger partial charge in [-0.2, -0.15) is 0 Å². The highest BCUT2D eigenvalue weighted by atomic mass is 16.5. The summed E-state index contributed by atoms with van der Waals surface area (Å²) in [6.07, 6.45) is 0.914. The van der Waals surface area contributed by atoms with Crippen LogP contribution in [0, 0.1) is 0 Å². The van der Waals surface area contributed by atoms with Crippen LogP contribution in [-0.4, -0.2) is 29.4 Å². The standard InChI is InChI=1S/C22H24N2O3/c1-4-13-27-18-12-8-11-17(14-18)23-20-19(16-9-6-5-7-10-16)21(25)24(15(2)3)22(20)26/h5-12,14-15,23H,4,13H2,1-3H3. The van der Waals surface area contributed by atoms with E-state index in [-0.39, 0.29) is 17.9 Å². The molecule has 0 aromatic heterocycles. The highest BCUT2D eigenvalue weighted by Crippen LogP contribution is 2.32. The zero-order chi connectivity index (χ0) is 19.4. The Morgan fingerprint density at radius 3 is 2.41 bits per heavy atom. The normalized spacial score (nSPS) is 14.3. The summed E-state index contributed by atoms with van der Waals surface area (Å²) in [6, 6.07) is 16.5. The van der Waals surface area contributed by atoms with Crippen LogP contribution in [0.3, 0.4) is 0 Å². The van der Waals surface area contributed by atoms with Crippen molar-refractivity contribution < 1.29 is 14.3 Å². The van der Waals surface area contributed by atoms with Crippen LogP contribution >= 0.6 is 0 Å². The fourth-order valence-electron chi connectivity index (χ4n) is 3.03. The van der Waals surface area contributed by atoms with Crippen LogP contribution in [0.25, 0.3) is 5.57 Å². The summed E-state index contributed by atoms with van der Waals surface area (Å²) in [5.74, 6) is 0.136. The third kappa shape index (κ3) is 3.87. The van der Waals surface area contributed by atoms with E-state index in [4.69, 9.17) is 4.74 Å². The summed E-state index contributed by atoms with van der Waals surface area (Å²) in [5.41, 5.74) is 2.13. The van der Waals surface area contributed by atoms with Gasteiger partial charge >= 0.3 is 0 Å². The van der Waals surface area contributed by atoms with Gasteiger partial charge in [-0.3, -0.25) is 14.5 Å². The molecule has 2 aromatic carbocycles. The molecule has 1 aliphatic rings. The summed E-state index contributed by atoms with van der Waals surface area (Å²) in [6.45, 7) is 6.34. The van der Waals surface area contributed by atoms with Gasteiger partial charge in [0.25, 0.3) is 11.8 Å². The highest BCUT2D eigenvalue weighted by molar-refractivity contribution is 6.36. The van der Waals surface area contributed by atoms with Crippen molar-refractivity contribution in [3.63, 3.8) is 0 Å². The Kier molecular flexibility index (Phi) is 5.60. The van der Waals surface area contributed by atoms with E-state index in [1.54, 1.807) is 0 Å². The second-order valence-electron chi connectivity index (χ2n) is 6.69. The quantitative estimate of drug-likeness (QED) is 0.752. The van der Waals surface area contributed by atoms with Crippen LogP contribution in [0.4, 0.5) is 5.69 Å². The van der Waals surface area contributed by atoms with Crippen molar-refractivity contribution in [3.05, 3.63) is 65.9 Å². The van der Waals surface area contributed by atoms with E-state index in [1.807, 2.05) is 75.4 Å². The summed E-state index contributed by atoms with van der Waals surface area (Å²) in [5, 5.41) is 3.16. The van der Waals surface area contributed by atoms with Crippen LogP contribution in [-0.2, 0) is 9.59 Å². The molecule has 0 radical (unpaired) electrons. The number of hydrogen-bond acceptors (Lipinski definition) is 4. The van der Waals surface area contributed by atoms with Crippen LogP contribution in [0.5, 0.6) is 5.75 Å². The van der Waals surface area contributed by atoms with E-state index >= 15 is 0 Å². The Morgan fingerprint density at radius 1 is 1.00 bits per heavy atom. The van der Waals surface area contributed by atoms with Crippen molar-refractivity contribution in [2.45, 2.75) is 33.2 Å². The van der Waals surface area contributed by atoms with Crippen LogP contribution in [0.1, 0.15) is 32.8 Å². The number of nitrogens with zero attached hydrogens (tertiary/aromatic N) is 1. The van der Waals surface area contributed by atoms with E-state index in [1.165, 1.54) is 4.90 Å². The monoisotopic (exact) mass is 364 g/mol. The molecule has 0 spiro atoms. The maximum Gasteiger partial charge on any atom is 0.278 e. The number of anilines is 1. The molecule has 2 aromatic rings. The molecule has 140 valence electrons. The molecule has 0 saturated heterocycles. The average Bonchev–Trinajstić information content (AvgIpc) is 2.91. The fourth-order valence-corrected chi connectivity index (χ4v) is 3.03. The smallest absolute Gasteiger partial charge is 0.278 e. The van der Waals surface area contributed by atoms with Gasteiger partial charge in [-0.1, -0.05) is 43.3 Å². The molecule has 0 aliphatic carbocycles. The first-order valence-electron chi connectivity index (χ1n) is 9.20. The second-order valence-corrected chi connectivity index (χ2v) is 6.69. The molecule has 1 heterocycles. The number of benzene rings is 2. The Morgan fingerprint density at radius 2 is 1.74 bits per heavy atom. The van der Waals surface area contributed by atoms with Crippen molar-refractivity contribution in [2.75, 3.05) is 11.9 Å². The Bertz CT molecular complexity index is 872. The maximum atomic E-state index is 13.0. The molecular weight excluding hydrogens is 340 g/mol. The number of carbonyl (C=O) groups excluding carboxylic acids is 2. The number of amides is 2. The Labute approximate surface area is 159 Å². The third-order valence-corrected chi connectivity index (χ3v) is 4.27. The van der Waals surface area contributed by atoms with E-state index in [0.29, 0.717) is 23.6 Å². The van der Waals surface area contributed by atoms with E-state index in [2.05, 4.69) is 5.32 Å². The fraction of sp³-hybridized carbons (Fsp3) is 0.273. The van der Waals surface area contributed by atoms with Gasteiger partial charge in [-0.15, -0.1) is 0 Å². The molecule has 0 bridgehead atoms. The minimum Gasteiger partial charge on any atom is -0.494 e. The lowest BCUT2D eigenvalue weighted by atomic mass is 10.0. The summed E-state index contributed by atoms with van der Waals surface area (Å²) in [7, 11) is 0. The van der Waals surface area contributed by atoms with Gasteiger partial charge in [-0.05, 0) is 38.0 Å². The lowest BCUT2D eigenvalue weighted by Gasteiger charge is -2.19. The van der Waals surface area contributed by atoms with Crippen molar-refractivity contribution in [1.29, 1.82) is 0 Å². The average molecular weight is 364 g/mol. The molecule has 0 atom stereocenters. The molecule has 1 aliphatic heterocycles. The molecule has 0 unspecified atom stereocenters. The largest absolute Gasteiger partial charge is 0.494 e. The predicted octanol–water partition coefficient (Wildman–Crippen LogP) is 4.08. The predicted molar refractivity (Wildman–Crippen MR) is 106 cm³/mol. The van der Waals surface area contributed by atoms with Gasteiger partial charge in [0.05, 0.1) is 12.2 Å². The van der Waals surface area contributed by atoms with Crippen molar-refractivity contribution in [3.8, 4) is 5.75 Å². The van der Waals surface area contributed by atoms with Gasteiger partial charge in [0.15, 0.2) is 0 Å². The number of nitrogens with one attached hydrogen (secondary N) is 1. The molecule has 0 saturated carbocycles. The molecule has 0 fully saturated rings. The third-order valence-electron chi connectivity index (χ3n) is 4.27. The molecule has 2 amide bonds. The molecular formula is C22H24N2O3. The minimum absolute atomic E-state index is 0.220. The Balaban J connectivity index is 2.00. The molecule has 3 rings (SSSR count). The van der Waals surface area contributed by atoms with Crippen molar-refractivity contribution in [1.82, 2.24) is 4.90 Å². The van der Waals surface area contributed by atoms with Gasteiger partial charge in [0, 0.05) is 17.8 Å². The summed E-state index contributed by atoms with van der Waals surface area (Å²) in [4.78, 5) is 27.2. The molecule has 5 nitrogen and oxygen atoms in total. The first-order chi connectivity index (χ1) is 13.0. The molecule has 27 heavy (non-hydrogen) atoms. The van der Waals surface area contributed by atoms with Crippen LogP contribution < -0.4 is 10.1 Å². The van der Waals surface area contributed by atoms with Gasteiger partial charge in [0.2, 0.25) is 0 Å². The zero-order valence-corrected chi connectivity index (χ0v) is 15.9. The van der Waals surface area contributed by atoms with E-state index in [9.17, 15) is 9.59 Å². The van der Waals surface area contributed by atoms with Crippen LogP contribution in [0.15, 0.2) is 60.3 Å². The first-order valence-corrected chi connectivity index (χ1v) is 9.20. The Hall–Kier alpha value is -3.08. The van der Waals surface area contributed by atoms with Gasteiger partial charge in [0.1, 0.15) is 11.4 Å². The number of carbonyl (C=O) groups is 2. The van der Waals surface area contributed by atoms with Crippen molar-refractivity contribution in [2.24, 2.45) is 0 Å². The number of rotatable bonds is 7. The van der Waals surface area contributed by atoms with Gasteiger partial charge < -0.3 is 10.1 Å². The van der Waals surface area contributed by atoms with Crippen molar-refractivity contribution >= 4 is 23.1 Å². The minimum atomic E-state index is -0.311. The second kappa shape index (κ2) is 8.08. The lowest BCUT2D eigenvalue weighted by Crippen LogP contribution is -2.38. The summed E-state index contributed by atoms with van der Waals surface area (Å²) >= 11 is 0. The zero-order valence-electron chi connectivity index (χ0n) is 15.9.